The van der Waals surface area contributed by atoms with Crippen molar-refractivity contribution in [3.05, 3.63) is 164 Å². The molecule has 1 amide bonds. The van der Waals surface area contributed by atoms with Crippen molar-refractivity contribution in [3.63, 3.8) is 0 Å². The van der Waals surface area contributed by atoms with Crippen LogP contribution in [0.3, 0.4) is 0 Å². The summed E-state index contributed by atoms with van der Waals surface area (Å²) in [6, 6.07) is 22.1. The van der Waals surface area contributed by atoms with Crippen LogP contribution >= 0.6 is 0 Å². The smallest absolute Gasteiger partial charge is 0.273 e. The molecule has 1 fully saturated rings. The molecule has 0 spiro atoms. The van der Waals surface area contributed by atoms with Gasteiger partial charge < -0.3 is 34.2 Å². The lowest BCUT2D eigenvalue weighted by Gasteiger charge is -2.60. The lowest BCUT2D eigenvalue weighted by Crippen LogP contribution is -2.70. The summed E-state index contributed by atoms with van der Waals surface area (Å²) in [5.74, 6) is -2.68. The molecule has 0 radical (unpaired) electrons. The van der Waals surface area contributed by atoms with Crippen molar-refractivity contribution in [2.75, 3.05) is 19.8 Å². The molecule has 6 atom stereocenters. The van der Waals surface area contributed by atoms with E-state index in [0.29, 0.717) is 54.0 Å². The van der Waals surface area contributed by atoms with Crippen LogP contribution in [0.25, 0.3) is 6.08 Å². The SMILES string of the molecule is C=CCOC12Oc3ccc(Oc4cccc([N+](=O)[O-])c4)cc3C3C(CCCCO)C(CCCCO)C=C(C(=NOC(C)(C)C)CC1N(Cc1ccc(F)cc1)C(=O)C=Cc1ccc([N+](=O)[O-])cc1)C32. The van der Waals surface area contributed by atoms with Gasteiger partial charge in [-0.3, -0.25) is 25.0 Å². The minimum atomic E-state index is -1.64. The highest BCUT2D eigenvalue weighted by atomic mass is 19.1. The zero-order chi connectivity index (χ0) is 49.3. The van der Waals surface area contributed by atoms with Crippen LogP contribution < -0.4 is 9.47 Å². The summed E-state index contributed by atoms with van der Waals surface area (Å²) >= 11 is 0. The zero-order valence-corrected chi connectivity index (χ0v) is 39.1. The Hall–Kier alpha value is -6.75. The molecule has 4 aromatic carbocycles. The Labute approximate surface area is 400 Å². The van der Waals surface area contributed by atoms with E-state index in [2.05, 4.69) is 12.7 Å². The number of benzene rings is 4. The number of halogens is 1. The predicted molar refractivity (Wildman–Crippen MR) is 258 cm³/mol. The monoisotopic (exact) mass is 946 g/mol. The largest absolute Gasteiger partial charge is 0.459 e. The summed E-state index contributed by atoms with van der Waals surface area (Å²) in [6.45, 7) is 9.68. The highest BCUT2D eigenvalue weighted by Crippen LogP contribution is 2.62. The van der Waals surface area contributed by atoms with Crippen LogP contribution in [0.2, 0.25) is 0 Å². The molecule has 2 N–H and O–H groups in total. The van der Waals surface area contributed by atoms with Gasteiger partial charge in [-0.2, -0.15) is 0 Å². The number of oxime groups is 1. The Morgan fingerprint density at radius 1 is 0.928 bits per heavy atom. The van der Waals surface area contributed by atoms with Gasteiger partial charge in [-0.05, 0) is 130 Å². The number of amides is 1. The van der Waals surface area contributed by atoms with Crippen LogP contribution in [0.15, 0.2) is 127 Å². The van der Waals surface area contributed by atoms with Crippen molar-refractivity contribution in [2.45, 2.75) is 95.6 Å². The molecule has 0 bridgehead atoms. The first-order valence-corrected chi connectivity index (χ1v) is 23.3. The number of nitrogens with zero attached hydrogens (tertiary/aromatic N) is 4. The molecule has 0 aromatic heterocycles. The maximum absolute atomic E-state index is 15.1. The lowest BCUT2D eigenvalue weighted by atomic mass is 9.55. The summed E-state index contributed by atoms with van der Waals surface area (Å²) < 4.78 is 35.2. The lowest BCUT2D eigenvalue weighted by molar-refractivity contribution is -0.385. The van der Waals surface area contributed by atoms with Crippen molar-refractivity contribution >= 4 is 29.1 Å². The fourth-order valence-corrected chi connectivity index (χ4v) is 9.80. The van der Waals surface area contributed by atoms with Gasteiger partial charge in [0.25, 0.3) is 11.4 Å². The molecule has 3 aliphatic rings. The summed E-state index contributed by atoms with van der Waals surface area (Å²) in [6.07, 6.45) is 10.9. The molecule has 1 aliphatic heterocycles. The van der Waals surface area contributed by atoms with E-state index in [-0.39, 0.29) is 61.7 Å². The number of unbranched alkanes of at least 4 members (excludes halogenated alkanes) is 2. The van der Waals surface area contributed by atoms with Gasteiger partial charge in [-0.15, -0.1) is 6.58 Å². The minimum Gasteiger partial charge on any atom is -0.459 e. The fraction of sp³-hybridized carbons (Fsp3) is 0.396. The molecule has 1 saturated carbocycles. The number of aliphatic hydroxyl groups is 2. The molecular formula is C53H59FN4O11. The summed E-state index contributed by atoms with van der Waals surface area (Å²) in [7, 11) is 0. The Kier molecular flexibility index (Phi) is 16.1. The Balaban J connectivity index is 1.47. The number of carbonyl (C=O) groups is 1. The van der Waals surface area contributed by atoms with Gasteiger partial charge in [0, 0.05) is 61.9 Å². The molecule has 6 unspecified atom stereocenters. The number of hydrogen-bond acceptors (Lipinski definition) is 12. The molecule has 7 rings (SSSR count). The molecule has 0 saturated heterocycles. The van der Waals surface area contributed by atoms with Gasteiger partial charge in [0.1, 0.15) is 34.7 Å². The molecular weight excluding hydrogens is 888 g/mol. The van der Waals surface area contributed by atoms with Crippen LogP contribution in [0.1, 0.15) is 88.3 Å². The Bertz CT molecular complexity index is 2580. The Morgan fingerprint density at radius 3 is 2.29 bits per heavy atom. The first-order valence-electron chi connectivity index (χ1n) is 23.3. The van der Waals surface area contributed by atoms with Gasteiger partial charge in [-0.1, -0.05) is 48.3 Å². The van der Waals surface area contributed by atoms with E-state index in [4.69, 9.17) is 24.2 Å². The number of allylic oxidation sites excluding steroid dienone is 1. The second-order valence-electron chi connectivity index (χ2n) is 18.6. The maximum Gasteiger partial charge on any atom is 0.273 e. The van der Waals surface area contributed by atoms with E-state index in [0.717, 1.165) is 24.0 Å². The first kappa shape index (κ1) is 50.1. The van der Waals surface area contributed by atoms with Gasteiger partial charge in [0.2, 0.25) is 11.7 Å². The van der Waals surface area contributed by atoms with E-state index >= 15 is 4.79 Å². The molecule has 15 nitrogen and oxygen atoms in total. The van der Waals surface area contributed by atoms with Crippen LogP contribution in [0, 0.1) is 43.8 Å². The van der Waals surface area contributed by atoms with Gasteiger partial charge in [0.05, 0.1) is 34.1 Å². The molecule has 2 aliphatic carbocycles. The number of non-ortho nitro benzene ring substituents is 2. The number of hydrogen-bond donors (Lipinski definition) is 2. The zero-order valence-electron chi connectivity index (χ0n) is 39.1. The molecule has 16 heteroatoms. The normalized spacial score (nSPS) is 22.2. The van der Waals surface area contributed by atoms with E-state index in [1.807, 2.05) is 26.8 Å². The third kappa shape index (κ3) is 11.8. The Morgan fingerprint density at radius 2 is 1.62 bits per heavy atom. The number of fused-ring (bicyclic) bond motifs is 2. The van der Waals surface area contributed by atoms with Crippen LogP contribution in [0.4, 0.5) is 15.8 Å². The molecule has 69 heavy (non-hydrogen) atoms. The average molecular weight is 947 g/mol. The van der Waals surface area contributed by atoms with Gasteiger partial charge in [0.15, 0.2) is 0 Å². The van der Waals surface area contributed by atoms with Crippen LogP contribution in [-0.2, 0) is 20.9 Å². The number of aliphatic hydroxyl groups excluding tert-OH is 2. The molecule has 1 heterocycles. The van der Waals surface area contributed by atoms with Crippen molar-refractivity contribution in [1.82, 2.24) is 4.90 Å². The second-order valence-corrected chi connectivity index (χ2v) is 18.6. The topological polar surface area (TPSA) is 196 Å². The first-order chi connectivity index (χ1) is 33.1. The quantitative estimate of drug-likeness (QED) is 0.0265. The average Bonchev–Trinajstić information content (AvgIpc) is 3.33. The fourth-order valence-electron chi connectivity index (χ4n) is 9.80. The highest BCUT2D eigenvalue weighted by Gasteiger charge is 2.65. The summed E-state index contributed by atoms with van der Waals surface area (Å²) in [4.78, 5) is 45.2. The highest BCUT2D eigenvalue weighted by molar-refractivity contribution is 6.03. The van der Waals surface area contributed by atoms with E-state index in [1.54, 1.807) is 65.6 Å². The minimum absolute atomic E-state index is 0.00123. The van der Waals surface area contributed by atoms with E-state index in [1.165, 1.54) is 42.5 Å². The van der Waals surface area contributed by atoms with Crippen molar-refractivity contribution in [1.29, 1.82) is 0 Å². The van der Waals surface area contributed by atoms with Crippen molar-refractivity contribution in [3.8, 4) is 17.2 Å². The standard InChI is InChI=1S/C53H59FN4O11/c1-5-29-66-53-48(56(34-36-15-20-38(54)21-16-36)49(61)26-19-35-17-22-39(23-18-35)57(62)63)33-46(55-69-52(2,3)4)44-30-37(11-6-8-27-59)43(14-7-9-28-60)50(51(44)53)45-32-42(24-25-47(45)68-53)67-41-13-10-12-40(31-41)58(64)65/h5,10,12-13,15-26,30-32,37,43,48,50-51,59-60H,1,6-9,11,14,27-29,33-34H2,2-4H3. The van der Waals surface area contributed by atoms with Crippen LogP contribution in [-0.4, -0.2) is 73.8 Å². The van der Waals surface area contributed by atoms with E-state index < -0.39 is 50.8 Å². The third-order valence-electron chi connectivity index (χ3n) is 12.8. The molecule has 4 aromatic rings. The van der Waals surface area contributed by atoms with Gasteiger partial charge >= 0.3 is 0 Å². The number of nitro benzene ring substituents is 2. The van der Waals surface area contributed by atoms with Crippen LogP contribution in [0.5, 0.6) is 17.2 Å². The van der Waals surface area contributed by atoms with Crippen molar-refractivity contribution < 1.29 is 48.3 Å². The summed E-state index contributed by atoms with van der Waals surface area (Å²) in [5, 5.41) is 48.0. The molecule has 364 valence electrons. The van der Waals surface area contributed by atoms with E-state index in [9.17, 15) is 34.8 Å². The van der Waals surface area contributed by atoms with Gasteiger partial charge in [-0.25, -0.2) is 4.39 Å². The van der Waals surface area contributed by atoms with Crippen molar-refractivity contribution in [2.24, 2.45) is 22.9 Å². The number of nitro groups is 2. The predicted octanol–water partition coefficient (Wildman–Crippen LogP) is 10.6. The maximum atomic E-state index is 15.1. The number of ether oxygens (including phenoxy) is 3. The summed E-state index contributed by atoms with van der Waals surface area (Å²) in [5.41, 5.74) is 2.36. The second kappa shape index (κ2) is 22.1. The number of rotatable bonds is 21. The number of carbonyl (C=O) groups excluding carboxylic acids is 1. The third-order valence-corrected chi connectivity index (χ3v) is 12.8.